The first-order valence-electron chi connectivity index (χ1n) is 6.62. The second-order valence-corrected chi connectivity index (χ2v) is 5.89. The van der Waals surface area contributed by atoms with Crippen molar-refractivity contribution in [3.63, 3.8) is 0 Å². The molecule has 0 radical (unpaired) electrons. The van der Waals surface area contributed by atoms with E-state index >= 15 is 0 Å². The molecule has 4 rings (SSSR count). The summed E-state index contributed by atoms with van der Waals surface area (Å²) in [6.07, 6.45) is 1.58. The summed E-state index contributed by atoms with van der Waals surface area (Å²) >= 11 is 3.42. The predicted molar refractivity (Wildman–Crippen MR) is 88.6 cm³/mol. The van der Waals surface area contributed by atoms with E-state index in [-0.39, 0.29) is 11.3 Å². The number of phenolic OH excluding ortho intramolecular Hbond substituents is 1. The predicted octanol–water partition coefficient (Wildman–Crippen LogP) is 3.34. The zero-order chi connectivity index (χ0) is 15.3. The lowest BCUT2D eigenvalue weighted by Crippen LogP contribution is -2.13. The highest BCUT2D eigenvalue weighted by Crippen LogP contribution is 2.24. The Hall–Kier alpha value is -2.60. The van der Waals surface area contributed by atoms with Gasteiger partial charge in [-0.1, -0.05) is 15.9 Å². The molecule has 0 atom stereocenters. The average Bonchev–Trinajstić information content (AvgIpc) is 2.85. The lowest BCUT2D eigenvalue weighted by Gasteiger charge is -2.01. The van der Waals surface area contributed by atoms with Crippen LogP contribution in [-0.2, 0) is 0 Å². The highest BCUT2D eigenvalue weighted by Gasteiger charge is 2.12. The molecule has 2 N–H and O–H groups in total. The molecule has 0 unspecified atom stereocenters. The number of hydrogen-bond acceptors (Lipinski definition) is 3. The maximum absolute atomic E-state index is 12.5. The zero-order valence-corrected chi connectivity index (χ0v) is 12.8. The van der Waals surface area contributed by atoms with E-state index in [2.05, 4.69) is 26.0 Å². The Morgan fingerprint density at radius 3 is 2.64 bits per heavy atom. The van der Waals surface area contributed by atoms with Gasteiger partial charge in [-0.15, -0.1) is 0 Å². The second kappa shape index (κ2) is 4.71. The van der Waals surface area contributed by atoms with Gasteiger partial charge in [-0.25, -0.2) is 4.68 Å². The van der Waals surface area contributed by atoms with Crippen LogP contribution in [0.2, 0.25) is 0 Å². The van der Waals surface area contributed by atoms with E-state index in [9.17, 15) is 9.90 Å². The van der Waals surface area contributed by atoms with E-state index in [1.54, 1.807) is 30.5 Å². The molecule has 2 heterocycles. The smallest absolute Gasteiger partial charge is 0.280 e. The SMILES string of the molecule is O=c1c2cnc3cc(Br)ccc3c2[nH]n1-c1ccc(O)cc1. The van der Waals surface area contributed by atoms with E-state index in [1.165, 1.54) is 4.68 Å². The van der Waals surface area contributed by atoms with Crippen LogP contribution in [0.5, 0.6) is 5.75 Å². The van der Waals surface area contributed by atoms with Gasteiger partial charge in [0.2, 0.25) is 0 Å². The molecule has 0 amide bonds. The van der Waals surface area contributed by atoms with Crippen LogP contribution in [0.3, 0.4) is 0 Å². The third-order valence-electron chi connectivity index (χ3n) is 3.60. The Labute approximate surface area is 133 Å². The minimum absolute atomic E-state index is 0.157. The number of H-pyrrole nitrogens is 1. The Bertz CT molecular complexity index is 1060. The fourth-order valence-corrected chi connectivity index (χ4v) is 2.86. The number of nitrogens with zero attached hydrogens (tertiary/aromatic N) is 2. The van der Waals surface area contributed by atoms with Gasteiger partial charge in [0.25, 0.3) is 5.56 Å². The number of nitrogens with one attached hydrogen (secondary N) is 1. The lowest BCUT2D eigenvalue weighted by molar-refractivity contribution is 0.475. The third kappa shape index (κ3) is 1.92. The summed E-state index contributed by atoms with van der Waals surface area (Å²) in [5.41, 5.74) is 2.04. The fraction of sp³-hybridized carbons (Fsp3) is 0. The van der Waals surface area contributed by atoms with Gasteiger partial charge in [0.15, 0.2) is 0 Å². The number of fused-ring (bicyclic) bond motifs is 3. The minimum atomic E-state index is -0.169. The average molecular weight is 356 g/mol. The van der Waals surface area contributed by atoms with Gasteiger partial charge < -0.3 is 5.11 Å². The Morgan fingerprint density at radius 1 is 1.09 bits per heavy atom. The number of phenols is 1. The quantitative estimate of drug-likeness (QED) is 0.550. The standard InChI is InChI=1S/C16H10BrN3O2/c17-9-1-6-12-14(7-9)18-8-13-15(12)19-20(16(13)22)10-2-4-11(21)5-3-10/h1-8,19,21H. The van der Waals surface area contributed by atoms with E-state index in [0.717, 1.165) is 20.9 Å². The van der Waals surface area contributed by atoms with Gasteiger partial charge in [-0.2, -0.15) is 0 Å². The Balaban J connectivity index is 2.06. The highest BCUT2D eigenvalue weighted by molar-refractivity contribution is 9.10. The Morgan fingerprint density at radius 2 is 1.86 bits per heavy atom. The van der Waals surface area contributed by atoms with Crippen molar-refractivity contribution in [2.24, 2.45) is 0 Å². The molecule has 0 saturated carbocycles. The number of halogens is 1. The molecule has 6 heteroatoms. The van der Waals surface area contributed by atoms with Crippen molar-refractivity contribution < 1.29 is 5.11 Å². The Kier molecular flexibility index (Phi) is 2.80. The van der Waals surface area contributed by atoms with Gasteiger partial charge in [0.05, 0.1) is 22.1 Å². The van der Waals surface area contributed by atoms with Crippen molar-refractivity contribution in [1.29, 1.82) is 0 Å². The molecular weight excluding hydrogens is 346 g/mol. The first-order valence-corrected chi connectivity index (χ1v) is 7.41. The third-order valence-corrected chi connectivity index (χ3v) is 4.09. The summed E-state index contributed by atoms with van der Waals surface area (Å²) in [5.74, 6) is 0.157. The van der Waals surface area contributed by atoms with Crippen LogP contribution in [-0.4, -0.2) is 19.9 Å². The van der Waals surface area contributed by atoms with Crippen molar-refractivity contribution in [2.75, 3.05) is 0 Å². The zero-order valence-electron chi connectivity index (χ0n) is 11.2. The normalized spacial score (nSPS) is 11.3. The maximum Gasteiger partial charge on any atom is 0.280 e. The van der Waals surface area contributed by atoms with Crippen LogP contribution < -0.4 is 5.56 Å². The largest absolute Gasteiger partial charge is 0.508 e. The molecule has 0 spiro atoms. The van der Waals surface area contributed by atoms with Gasteiger partial charge >= 0.3 is 0 Å². The molecular formula is C16H10BrN3O2. The van der Waals surface area contributed by atoms with E-state index in [0.29, 0.717) is 11.1 Å². The topological polar surface area (TPSA) is 70.9 Å². The molecule has 5 nitrogen and oxygen atoms in total. The number of aromatic amines is 1. The van der Waals surface area contributed by atoms with Crippen LogP contribution in [0, 0.1) is 0 Å². The molecule has 0 saturated heterocycles. The number of aromatic hydroxyl groups is 1. The number of rotatable bonds is 1. The summed E-state index contributed by atoms with van der Waals surface area (Å²) < 4.78 is 2.39. The van der Waals surface area contributed by atoms with E-state index < -0.39 is 0 Å². The summed E-state index contributed by atoms with van der Waals surface area (Å²) in [7, 11) is 0. The summed E-state index contributed by atoms with van der Waals surface area (Å²) in [5, 5.41) is 13.9. The number of pyridine rings is 1. The fourth-order valence-electron chi connectivity index (χ4n) is 2.52. The minimum Gasteiger partial charge on any atom is -0.508 e. The molecule has 0 fully saturated rings. The van der Waals surface area contributed by atoms with Crippen LogP contribution in [0.1, 0.15) is 0 Å². The number of hydrogen-bond donors (Lipinski definition) is 2. The van der Waals surface area contributed by atoms with Crippen molar-refractivity contribution >= 4 is 37.7 Å². The van der Waals surface area contributed by atoms with Crippen molar-refractivity contribution in [3.8, 4) is 11.4 Å². The maximum atomic E-state index is 12.5. The molecule has 108 valence electrons. The molecule has 0 bridgehead atoms. The van der Waals surface area contributed by atoms with Crippen LogP contribution in [0.25, 0.3) is 27.5 Å². The van der Waals surface area contributed by atoms with E-state index in [1.807, 2.05) is 18.2 Å². The van der Waals surface area contributed by atoms with Gasteiger partial charge in [0.1, 0.15) is 5.75 Å². The van der Waals surface area contributed by atoms with Gasteiger partial charge in [-0.3, -0.25) is 14.9 Å². The molecule has 2 aromatic heterocycles. The summed E-state index contributed by atoms with van der Waals surface area (Å²) in [4.78, 5) is 16.9. The van der Waals surface area contributed by atoms with Gasteiger partial charge in [-0.05, 0) is 42.5 Å². The van der Waals surface area contributed by atoms with Crippen LogP contribution in [0.15, 0.2) is 57.9 Å². The summed E-state index contributed by atoms with van der Waals surface area (Å²) in [6, 6.07) is 12.2. The molecule has 4 aromatic rings. The van der Waals surface area contributed by atoms with E-state index in [4.69, 9.17) is 0 Å². The monoisotopic (exact) mass is 355 g/mol. The second-order valence-electron chi connectivity index (χ2n) is 4.98. The molecule has 0 aliphatic rings. The number of aromatic nitrogens is 3. The van der Waals surface area contributed by atoms with Gasteiger partial charge in [0, 0.05) is 16.1 Å². The van der Waals surface area contributed by atoms with Crippen molar-refractivity contribution in [2.45, 2.75) is 0 Å². The number of benzene rings is 2. The molecule has 22 heavy (non-hydrogen) atoms. The highest BCUT2D eigenvalue weighted by atomic mass is 79.9. The molecule has 0 aliphatic carbocycles. The van der Waals surface area contributed by atoms with Crippen molar-refractivity contribution in [3.05, 3.63) is 63.5 Å². The van der Waals surface area contributed by atoms with Crippen LogP contribution >= 0.6 is 15.9 Å². The first kappa shape index (κ1) is 13.1. The molecule has 0 aliphatic heterocycles. The lowest BCUT2D eigenvalue weighted by atomic mass is 10.2. The van der Waals surface area contributed by atoms with Crippen molar-refractivity contribution in [1.82, 2.24) is 14.8 Å². The summed E-state index contributed by atoms with van der Waals surface area (Å²) in [6.45, 7) is 0. The molecule has 2 aromatic carbocycles. The first-order chi connectivity index (χ1) is 10.6. The van der Waals surface area contributed by atoms with Crippen LogP contribution in [0.4, 0.5) is 0 Å².